The Labute approximate surface area is 142 Å². The molecule has 2 amide bonds. The Hall–Kier alpha value is -3.61. The van der Waals surface area contributed by atoms with Crippen LogP contribution in [0, 0.1) is 0 Å². The second kappa shape index (κ2) is 6.88. The second-order valence-electron chi connectivity index (χ2n) is 5.21. The van der Waals surface area contributed by atoms with Gasteiger partial charge in [-0.05, 0) is 36.4 Å². The number of ether oxygens (including phenoxy) is 1. The fourth-order valence-electron chi connectivity index (χ4n) is 2.33. The van der Waals surface area contributed by atoms with E-state index in [0.29, 0.717) is 22.2 Å². The van der Waals surface area contributed by atoms with Gasteiger partial charge in [-0.2, -0.15) is 0 Å². The largest absolute Gasteiger partial charge is 0.497 e. The Morgan fingerprint density at radius 1 is 0.960 bits per heavy atom. The quantitative estimate of drug-likeness (QED) is 0.632. The van der Waals surface area contributed by atoms with Gasteiger partial charge in [-0.25, -0.2) is 0 Å². The Kier molecular flexibility index (Phi) is 4.47. The van der Waals surface area contributed by atoms with Crippen LogP contribution in [0.25, 0.3) is 10.9 Å². The fourth-order valence-corrected chi connectivity index (χ4v) is 2.33. The molecule has 0 aliphatic rings. The molecule has 3 N–H and O–H groups in total. The van der Waals surface area contributed by atoms with E-state index < -0.39 is 17.2 Å². The van der Waals surface area contributed by atoms with E-state index >= 15 is 0 Å². The zero-order chi connectivity index (χ0) is 17.8. The smallest absolute Gasteiger partial charge is 0.275 e. The third kappa shape index (κ3) is 3.35. The van der Waals surface area contributed by atoms with Crippen LogP contribution in [-0.4, -0.2) is 23.9 Å². The van der Waals surface area contributed by atoms with Crippen LogP contribution in [0.1, 0.15) is 20.7 Å². The van der Waals surface area contributed by atoms with Crippen LogP contribution >= 0.6 is 0 Å². The lowest BCUT2D eigenvalue weighted by molar-refractivity contribution is 0.0846. The van der Waals surface area contributed by atoms with E-state index in [-0.39, 0.29) is 5.56 Å². The van der Waals surface area contributed by atoms with Crippen molar-refractivity contribution in [1.82, 2.24) is 15.8 Å². The molecule has 3 aromatic rings. The van der Waals surface area contributed by atoms with Gasteiger partial charge in [-0.3, -0.25) is 25.2 Å². The van der Waals surface area contributed by atoms with Crippen molar-refractivity contribution in [1.29, 1.82) is 0 Å². The summed E-state index contributed by atoms with van der Waals surface area (Å²) in [5, 5.41) is 0.400. The van der Waals surface area contributed by atoms with Crippen LogP contribution in [0.3, 0.4) is 0 Å². The molecule has 3 rings (SSSR count). The number of hydrogen-bond acceptors (Lipinski definition) is 4. The number of H-pyrrole nitrogens is 1. The number of nitrogens with one attached hydrogen (secondary N) is 3. The maximum atomic E-state index is 12.3. The second-order valence-corrected chi connectivity index (χ2v) is 5.21. The number of carbonyl (C=O) groups is 2. The highest BCUT2D eigenvalue weighted by Gasteiger charge is 2.14. The first-order chi connectivity index (χ1) is 12.1. The number of amides is 2. The van der Waals surface area contributed by atoms with Crippen molar-refractivity contribution in [3.63, 3.8) is 0 Å². The third-order valence-electron chi connectivity index (χ3n) is 3.67. The predicted molar refractivity (Wildman–Crippen MR) is 92.5 cm³/mol. The van der Waals surface area contributed by atoms with Crippen LogP contribution in [0.4, 0.5) is 0 Å². The molecule has 7 nitrogen and oxygen atoms in total. The molecule has 0 spiro atoms. The van der Waals surface area contributed by atoms with Gasteiger partial charge in [0.05, 0.1) is 7.11 Å². The lowest BCUT2D eigenvalue weighted by atomic mass is 10.1. The van der Waals surface area contributed by atoms with Crippen LogP contribution in [0.2, 0.25) is 0 Å². The first-order valence-corrected chi connectivity index (χ1v) is 7.45. The highest BCUT2D eigenvalue weighted by Crippen LogP contribution is 2.11. The van der Waals surface area contributed by atoms with E-state index in [1.165, 1.54) is 13.3 Å². The van der Waals surface area contributed by atoms with Gasteiger partial charge in [0.2, 0.25) is 5.43 Å². The molecule has 0 saturated heterocycles. The van der Waals surface area contributed by atoms with Crippen LogP contribution in [-0.2, 0) is 0 Å². The average Bonchev–Trinajstić information content (AvgIpc) is 2.66. The molecular formula is C18H15N3O4. The van der Waals surface area contributed by atoms with Gasteiger partial charge < -0.3 is 9.72 Å². The van der Waals surface area contributed by atoms with E-state index in [9.17, 15) is 14.4 Å². The zero-order valence-electron chi connectivity index (χ0n) is 13.3. The number of pyridine rings is 1. The van der Waals surface area contributed by atoms with E-state index in [1.807, 2.05) is 0 Å². The Bertz CT molecular complexity index is 993. The molecule has 0 aliphatic carbocycles. The summed E-state index contributed by atoms with van der Waals surface area (Å²) in [6.07, 6.45) is 1.32. The molecule has 0 bridgehead atoms. The predicted octanol–water partition coefficient (Wildman–Crippen LogP) is 1.61. The van der Waals surface area contributed by atoms with Crippen molar-refractivity contribution in [2.24, 2.45) is 0 Å². The maximum Gasteiger partial charge on any atom is 0.275 e. The van der Waals surface area contributed by atoms with Crippen LogP contribution < -0.4 is 21.0 Å². The van der Waals surface area contributed by atoms with Gasteiger partial charge in [-0.1, -0.05) is 12.1 Å². The first-order valence-electron chi connectivity index (χ1n) is 7.45. The summed E-state index contributed by atoms with van der Waals surface area (Å²) in [6.45, 7) is 0. The Balaban J connectivity index is 1.73. The number of rotatable bonds is 3. The summed E-state index contributed by atoms with van der Waals surface area (Å²) in [6, 6.07) is 13.2. The number of fused-ring (bicyclic) bond motifs is 1. The van der Waals surface area contributed by atoms with Gasteiger partial charge in [0.25, 0.3) is 11.8 Å². The van der Waals surface area contributed by atoms with E-state index in [0.717, 1.165) is 0 Å². The molecule has 0 saturated carbocycles. The van der Waals surface area contributed by atoms with Crippen molar-refractivity contribution in [3.05, 3.63) is 76.1 Å². The molecule has 0 fully saturated rings. The van der Waals surface area contributed by atoms with Crippen LogP contribution in [0.5, 0.6) is 5.75 Å². The third-order valence-corrected chi connectivity index (χ3v) is 3.67. The summed E-state index contributed by atoms with van der Waals surface area (Å²) in [7, 11) is 1.52. The Morgan fingerprint density at radius 2 is 1.64 bits per heavy atom. The number of benzene rings is 2. The number of carbonyl (C=O) groups excluding carboxylic acids is 2. The van der Waals surface area contributed by atoms with Gasteiger partial charge >= 0.3 is 0 Å². The molecule has 0 unspecified atom stereocenters. The average molecular weight is 337 g/mol. The summed E-state index contributed by atoms with van der Waals surface area (Å²) in [4.78, 5) is 39.4. The highest BCUT2D eigenvalue weighted by atomic mass is 16.5. The van der Waals surface area contributed by atoms with E-state index in [1.54, 1.807) is 48.5 Å². The van der Waals surface area contributed by atoms with Crippen molar-refractivity contribution >= 4 is 22.7 Å². The molecule has 7 heteroatoms. The van der Waals surface area contributed by atoms with Gasteiger partial charge in [-0.15, -0.1) is 0 Å². The van der Waals surface area contributed by atoms with Crippen molar-refractivity contribution in [2.45, 2.75) is 0 Å². The number of methoxy groups -OCH3 is 1. The molecular weight excluding hydrogens is 322 g/mol. The van der Waals surface area contributed by atoms with Gasteiger partial charge in [0.1, 0.15) is 11.3 Å². The molecule has 2 aromatic carbocycles. The normalized spacial score (nSPS) is 10.3. The monoisotopic (exact) mass is 337 g/mol. The molecule has 25 heavy (non-hydrogen) atoms. The maximum absolute atomic E-state index is 12.3. The molecule has 1 heterocycles. The summed E-state index contributed by atoms with van der Waals surface area (Å²) >= 11 is 0. The summed E-state index contributed by atoms with van der Waals surface area (Å²) in [5.41, 5.74) is 4.99. The number of hydrazine groups is 1. The molecule has 126 valence electrons. The SMILES string of the molecule is COc1ccc(C(=O)NNC(=O)c2c[nH]c3ccccc3c2=O)cc1. The summed E-state index contributed by atoms with van der Waals surface area (Å²) < 4.78 is 5.01. The van der Waals surface area contributed by atoms with Crippen molar-refractivity contribution in [3.8, 4) is 5.75 Å². The molecule has 1 aromatic heterocycles. The van der Waals surface area contributed by atoms with Crippen LogP contribution in [0.15, 0.2) is 59.5 Å². The topological polar surface area (TPSA) is 100 Å². The van der Waals surface area contributed by atoms with Gasteiger partial charge in [0.15, 0.2) is 0 Å². The first kappa shape index (κ1) is 16.3. The van der Waals surface area contributed by atoms with E-state index in [4.69, 9.17) is 4.74 Å². The fraction of sp³-hybridized carbons (Fsp3) is 0.0556. The van der Waals surface area contributed by atoms with Gasteiger partial charge in [0, 0.05) is 22.7 Å². The minimum absolute atomic E-state index is 0.0891. The number of aromatic nitrogens is 1. The van der Waals surface area contributed by atoms with E-state index in [2.05, 4.69) is 15.8 Å². The lowest BCUT2D eigenvalue weighted by Gasteiger charge is -2.08. The lowest BCUT2D eigenvalue weighted by Crippen LogP contribution is -2.43. The van der Waals surface area contributed by atoms with Crippen molar-refractivity contribution < 1.29 is 14.3 Å². The standard InChI is InChI=1S/C18H15N3O4/c1-25-12-8-6-11(7-9-12)17(23)20-21-18(24)14-10-19-15-5-3-2-4-13(15)16(14)22/h2-10H,1H3,(H,19,22)(H,20,23)(H,21,24). The zero-order valence-corrected chi connectivity index (χ0v) is 13.3. The number of para-hydroxylation sites is 1. The minimum atomic E-state index is -0.700. The highest BCUT2D eigenvalue weighted by molar-refractivity contribution is 6.00. The minimum Gasteiger partial charge on any atom is -0.497 e. The summed E-state index contributed by atoms with van der Waals surface area (Å²) in [5.74, 6) is -0.592. The molecule has 0 atom stereocenters. The Morgan fingerprint density at radius 3 is 2.36 bits per heavy atom. The number of hydrogen-bond donors (Lipinski definition) is 3. The van der Waals surface area contributed by atoms with Crippen molar-refractivity contribution in [2.75, 3.05) is 7.11 Å². The number of aromatic amines is 1. The molecule has 0 aliphatic heterocycles. The molecule has 0 radical (unpaired) electrons.